The van der Waals surface area contributed by atoms with Crippen molar-refractivity contribution in [2.75, 3.05) is 5.32 Å². The van der Waals surface area contributed by atoms with Crippen LogP contribution < -0.4 is 5.32 Å². The summed E-state index contributed by atoms with van der Waals surface area (Å²) in [5.41, 5.74) is 3.51. The zero-order valence-electron chi connectivity index (χ0n) is 7.90. The first kappa shape index (κ1) is 7.80. The van der Waals surface area contributed by atoms with Crippen LogP contribution in [0.2, 0.25) is 0 Å². The van der Waals surface area contributed by atoms with Crippen molar-refractivity contribution in [2.45, 2.75) is 18.9 Å². The number of fused-ring (bicyclic) bond motifs is 2. The highest BCUT2D eigenvalue weighted by atomic mass is 15.0. The van der Waals surface area contributed by atoms with E-state index < -0.39 is 0 Å². The van der Waals surface area contributed by atoms with Crippen LogP contribution in [0.4, 0.5) is 11.4 Å². The van der Waals surface area contributed by atoms with Gasteiger partial charge in [-0.2, -0.15) is 0 Å². The Labute approximate surface area is 83.4 Å². The lowest BCUT2D eigenvalue weighted by Gasteiger charge is -2.27. The van der Waals surface area contributed by atoms with E-state index in [2.05, 4.69) is 34.6 Å². The Balaban J connectivity index is 2.07. The fourth-order valence-electron chi connectivity index (χ4n) is 2.02. The van der Waals surface area contributed by atoms with Crippen molar-refractivity contribution in [1.82, 2.24) is 0 Å². The first-order valence-corrected chi connectivity index (χ1v) is 5.01. The van der Waals surface area contributed by atoms with Gasteiger partial charge in [-0.15, -0.1) is 0 Å². The third kappa shape index (κ3) is 1.15. The van der Waals surface area contributed by atoms with Crippen LogP contribution in [0.3, 0.4) is 0 Å². The summed E-state index contributed by atoms with van der Waals surface area (Å²) < 4.78 is 0. The highest BCUT2D eigenvalue weighted by Crippen LogP contribution is 2.31. The molecule has 3 rings (SSSR count). The molecule has 1 heterocycles. The molecule has 2 heteroatoms. The topological polar surface area (TPSA) is 24.4 Å². The first-order chi connectivity index (χ1) is 6.93. The number of hydrogen-bond acceptors (Lipinski definition) is 2. The molecule has 0 saturated carbocycles. The van der Waals surface area contributed by atoms with Crippen LogP contribution in [-0.2, 0) is 0 Å². The molecule has 2 aliphatic rings. The molecule has 0 saturated heterocycles. The minimum Gasteiger partial charge on any atom is -0.375 e. The quantitative estimate of drug-likeness (QED) is 0.616. The Hall–Kier alpha value is -1.57. The number of benzene rings is 1. The molecule has 0 aromatic heterocycles. The van der Waals surface area contributed by atoms with Gasteiger partial charge in [0.2, 0.25) is 0 Å². The van der Waals surface area contributed by atoms with E-state index in [-0.39, 0.29) is 0 Å². The SMILES string of the molecule is C1=CCC2Nc3ccccc3N=C2C1. The van der Waals surface area contributed by atoms with Gasteiger partial charge in [-0.25, -0.2) is 0 Å². The highest BCUT2D eigenvalue weighted by Gasteiger charge is 2.21. The summed E-state index contributed by atoms with van der Waals surface area (Å²) in [5, 5.41) is 3.52. The van der Waals surface area contributed by atoms with Gasteiger partial charge in [-0.1, -0.05) is 24.3 Å². The Morgan fingerprint density at radius 3 is 3.14 bits per heavy atom. The predicted octanol–water partition coefficient (Wildman–Crippen LogP) is 2.90. The maximum Gasteiger partial charge on any atom is 0.0861 e. The van der Waals surface area contributed by atoms with Crippen LogP contribution in [0.5, 0.6) is 0 Å². The van der Waals surface area contributed by atoms with Crippen molar-refractivity contribution in [2.24, 2.45) is 4.99 Å². The molecule has 1 aliphatic carbocycles. The van der Waals surface area contributed by atoms with Gasteiger partial charge in [0.25, 0.3) is 0 Å². The molecule has 1 unspecified atom stereocenters. The molecule has 0 amide bonds. The number of anilines is 1. The van der Waals surface area contributed by atoms with E-state index in [0.717, 1.165) is 24.2 Å². The van der Waals surface area contributed by atoms with Gasteiger partial charge in [0, 0.05) is 12.1 Å². The molecule has 0 radical (unpaired) electrons. The molecule has 1 N–H and O–H groups in total. The van der Waals surface area contributed by atoms with Crippen LogP contribution >= 0.6 is 0 Å². The van der Waals surface area contributed by atoms with E-state index in [1.807, 2.05) is 12.1 Å². The predicted molar refractivity (Wildman–Crippen MR) is 59.3 cm³/mol. The van der Waals surface area contributed by atoms with Crippen LogP contribution in [0.25, 0.3) is 0 Å². The minimum atomic E-state index is 0.426. The number of allylic oxidation sites excluding steroid dienone is 1. The summed E-state index contributed by atoms with van der Waals surface area (Å²) in [6.07, 6.45) is 6.48. The first-order valence-electron chi connectivity index (χ1n) is 5.01. The molecule has 1 aromatic rings. The van der Waals surface area contributed by atoms with Crippen molar-refractivity contribution in [3.8, 4) is 0 Å². The lowest BCUT2D eigenvalue weighted by Crippen LogP contribution is -2.32. The molecule has 0 fully saturated rings. The summed E-state index contributed by atoms with van der Waals surface area (Å²) in [7, 11) is 0. The largest absolute Gasteiger partial charge is 0.375 e. The summed E-state index contributed by atoms with van der Waals surface area (Å²) >= 11 is 0. The summed E-state index contributed by atoms with van der Waals surface area (Å²) in [6, 6.07) is 8.65. The third-order valence-electron chi connectivity index (χ3n) is 2.77. The molecule has 70 valence electrons. The zero-order valence-corrected chi connectivity index (χ0v) is 7.90. The zero-order chi connectivity index (χ0) is 9.38. The smallest absolute Gasteiger partial charge is 0.0861 e. The van der Waals surface area contributed by atoms with Gasteiger partial charge in [0.15, 0.2) is 0 Å². The Morgan fingerprint density at radius 1 is 1.21 bits per heavy atom. The molecule has 1 atom stereocenters. The molecule has 1 aromatic carbocycles. The standard InChI is InChI=1S/C12H12N2/c1-2-6-10-9(5-1)13-11-7-3-4-8-12(11)14-10/h1-6,11,13H,7-8H2. The summed E-state index contributed by atoms with van der Waals surface area (Å²) in [5.74, 6) is 0. The Kier molecular flexibility index (Phi) is 1.66. The van der Waals surface area contributed by atoms with Gasteiger partial charge in [-0.3, -0.25) is 4.99 Å². The van der Waals surface area contributed by atoms with Crippen molar-refractivity contribution in [3.63, 3.8) is 0 Å². The lowest BCUT2D eigenvalue weighted by molar-refractivity contribution is 0.885. The summed E-state index contributed by atoms with van der Waals surface area (Å²) in [4.78, 5) is 4.67. The van der Waals surface area contributed by atoms with E-state index in [4.69, 9.17) is 0 Å². The molecule has 2 nitrogen and oxygen atoms in total. The molecule has 14 heavy (non-hydrogen) atoms. The van der Waals surface area contributed by atoms with Gasteiger partial charge in [0.1, 0.15) is 0 Å². The second kappa shape index (κ2) is 2.98. The van der Waals surface area contributed by atoms with E-state index in [9.17, 15) is 0 Å². The monoisotopic (exact) mass is 184 g/mol. The molecule has 1 aliphatic heterocycles. The van der Waals surface area contributed by atoms with Crippen LogP contribution in [0.1, 0.15) is 12.8 Å². The van der Waals surface area contributed by atoms with E-state index >= 15 is 0 Å². The molecular formula is C12H12N2. The van der Waals surface area contributed by atoms with E-state index in [0.29, 0.717) is 6.04 Å². The number of nitrogens with one attached hydrogen (secondary N) is 1. The maximum absolute atomic E-state index is 4.67. The molecule has 0 spiro atoms. The minimum absolute atomic E-state index is 0.426. The number of hydrogen-bond donors (Lipinski definition) is 1. The van der Waals surface area contributed by atoms with Crippen molar-refractivity contribution in [1.29, 1.82) is 0 Å². The maximum atomic E-state index is 4.67. The third-order valence-corrected chi connectivity index (χ3v) is 2.77. The van der Waals surface area contributed by atoms with Crippen LogP contribution in [0, 0.1) is 0 Å². The normalized spacial score (nSPS) is 23.1. The van der Waals surface area contributed by atoms with Crippen LogP contribution in [-0.4, -0.2) is 11.8 Å². The number of aliphatic imine (C=N–C) groups is 1. The second-order valence-electron chi connectivity index (χ2n) is 3.73. The number of para-hydroxylation sites is 2. The van der Waals surface area contributed by atoms with Gasteiger partial charge in [-0.05, 0) is 18.6 Å². The Bertz CT molecular complexity index is 418. The highest BCUT2D eigenvalue weighted by molar-refractivity contribution is 5.99. The fourth-order valence-corrected chi connectivity index (χ4v) is 2.02. The fraction of sp³-hybridized carbons (Fsp3) is 0.250. The van der Waals surface area contributed by atoms with Crippen molar-refractivity contribution >= 4 is 17.1 Å². The van der Waals surface area contributed by atoms with Gasteiger partial charge >= 0.3 is 0 Å². The van der Waals surface area contributed by atoms with Crippen molar-refractivity contribution in [3.05, 3.63) is 36.4 Å². The van der Waals surface area contributed by atoms with Crippen molar-refractivity contribution < 1.29 is 0 Å². The molecule has 0 bridgehead atoms. The summed E-state index contributed by atoms with van der Waals surface area (Å²) in [6.45, 7) is 0. The average Bonchev–Trinajstić information content (AvgIpc) is 2.26. The van der Waals surface area contributed by atoms with Gasteiger partial charge < -0.3 is 5.32 Å². The lowest BCUT2D eigenvalue weighted by atomic mass is 9.97. The second-order valence-corrected chi connectivity index (χ2v) is 3.73. The van der Waals surface area contributed by atoms with Gasteiger partial charge in [0.05, 0.1) is 17.4 Å². The molecular weight excluding hydrogens is 172 g/mol. The average molecular weight is 184 g/mol. The number of nitrogens with zero attached hydrogens (tertiary/aromatic N) is 1. The van der Waals surface area contributed by atoms with E-state index in [1.54, 1.807) is 0 Å². The van der Waals surface area contributed by atoms with Crippen LogP contribution in [0.15, 0.2) is 41.4 Å². The number of rotatable bonds is 0. The van der Waals surface area contributed by atoms with E-state index in [1.165, 1.54) is 5.71 Å². The Morgan fingerprint density at radius 2 is 2.14 bits per heavy atom.